The number of halogens is 1. The van der Waals surface area contributed by atoms with Gasteiger partial charge >= 0.3 is 0 Å². The second-order valence-electron chi connectivity index (χ2n) is 8.02. The number of aromatic nitrogens is 2. The Morgan fingerprint density at radius 3 is 2.67 bits per heavy atom. The molecule has 2 heterocycles. The zero-order chi connectivity index (χ0) is 23.5. The lowest BCUT2D eigenvalue weighted by atomic mass is 10.0. The Balaban J connectivity index is 1.66. The Kier molecular flexibility index (Phi) is 6.91. The fourth-order valence-electron chi connectivity index (χ4n) is 3.52. The Bertz CT molecular complexity index is 1350. The van der Waals surface area contributed by atoms with Gasteiger partial charge in [-0.05, 0) is 54.8 Å². The molecule has 33 heavy (non-hydrogen) atoms. The third kappa shape index (κ3) is 5.15. The summed E-state index contributed by atoms with van der Waals surface area (Å²) in [5.74, 6) is 0.727. The maximum absolute atomic E-state index is 13.3. The van der Waals surface area contributed by atoms with Crippen LogP contribution in [0.15, 0.2) is 75.2 Å². The molecule has 0 aliphatic carbocycles. The topological polar surface area (TPSA) is 77.1 Å². The van der Waals surface area contributed by atoms with E-state index in [-0.39, 0.29) is 23.9 Å². The van der Waals surface area contributed by atoms with E-state index >= 15 is 0 Å². The summed E-state index contributed by atoms with van der Waals surface area (Å²) in [5, 5.41) is 3.89. The second-order valence-corrected chi connectivity index (χ2v) is 9.76. The summed E-state index contributed by atoms with van der Waals surface area (Å²) in [4.78, 5) is 31.0. The van der Waals surface area contributed by atoms with Crippen molar-refractivity contribution in [2.45, 2.75) is 43.6 Å². The van der Waals surface area contributed by atoms with E-state index in [1.165, 1.54) is 16.3 Å². The molecule has 2 aromatic heterocycles. The zero-order valence-electron chi connectivity index (χ0n) is 18.5. The number of hydrogen-bond acceptors (Lipinski definition) is 5. The van der Waals surface area contributed by atoms with Crippen LogP contribution in [-0.2, 0) is 11.3 Å². The molecule has 0 fully saturated rings. The number of thioether (sulfide) groups is 1. The van der Waals surface area contributed by atoms with Gasteiger partial charge < -0.3 is 9.73 Å². The van der Waals surface area contributed by atoms with Crippen LogP contribution in [0.2, 0.25) is 5.02 Å². The molecule has 1 unspecified atom stereocenters. The van der Waals surface area contributed by atoms with Gasteiger partial charge in [0.25, 0.3) is 5.56 Å². The molecule has 0 aliphatic heterocycles. The normalized spacial score (nSPS) is 12.3. The molecular formula is C25H24ClN3O3S. The van der Waals surface area contributed by atoms with Crippen LogP contribution in [0.1, 0.15) is 38.0 Å². The van der Waals surface area contributed by atoms with Gasteiger partial charge in [-0.25, -0.2) is 4.98 Å². The fourth-order valence-corrected chi connectivity index (χ4v) is 4.60. The number of para-hydroxylation sites is 1. The summed E-state index contributed by atoms with van der Waals surface area (Å²) < 4.78 is 6.98. The number of nitrogens with zero attached hydrogens (tertiary/aromatic N) is 2. The quantitative estimate of drug-likeness (QED) is 0.261. The average molecular weight is 482 g/mol. The molecule has 0 saturated heterocycles. The van der Waals surface area contributed by atoms with Gasteiger partial charge in [-0.1, -0.05) is 55.4 Å². The van der Waals surface area contributed by atoms with Crippen molar-refractivity contribution in [1.29, 1.82) is 0 Å². The van der Waals surface area contributed by atoms with Crippen LogP contribution in [0.5, 0.6) is 0 Å². The zero-order valence-corrected chi connectivity index (χ0v) is 20.1. The van der Waals surface area contributed by atoms with Crippen LogP contribution in [0.4, 0.5) is 5.69 Å². The van der Waals surface area contributed by atoms with Crippen LogP contribution in [0.3, 0.4) is 0 Å². The number of rotatable bonds is 7. The largest absolute Gasteiger partial charge is 0.467 e. The minimum absolute atomic E-state index is 0.168. The van der Waals surface area contributed by atoms with Crippen LogP contribution in [0.25, 0.3) is 10.9 Å². The van der Waals surface area contributed by atoms with Crippen LogP contribution in [-0.4, -0.2) is 20.7 Å². The molecule has 1 amide bonds. The number of benzene rings is 2. The summed E-state index contributed by atoms with van der Waals surface area (Å²) in [7, 11) is 0. The van der Waals surface area contributed by atoms with Crippen molar-refractivity contribution in [2.75, 3.05) is 5.32 Å². The lowest BCUT2D eigenvalue weighted by Gasteiger charge is -2.18. The monoisotopic (exact) mass is 481 g/mol. The summed E-state index contributed by atoms with van der Waals surface area (Å²) >= 11 is 7.35. The van der Waals surface area contributed by atoms with E-state index in [4.69, 9.17) is 16.0 Å². The molecule has 1 atom stereocenters. The molecule has 1 N–H and O–H groups in total. The van der Waals surface area contributed by atoms with E-state index in [2.05, 4.69) is 24.1 Å². The maximum Gasteiger partial charge on any atom is 0.262 e. The predicted molar refractivity (Wildman–Crippen MR) is 133 cm³/mol. The van der Waals surface area contributed by atoms with Gasteiger partial charge in [-0.3, -0.25) is 14.2 Å². The van der Waals surface area contributed by atoms with Gasteiger partial charge in [0.2, 0.25) is 5.91 Å². The predicted octanol–water partition coefficient (Wildman–Crippen LogP) is 5.93. The Morgan fingerprint density at radius 2 is 1.94 bits per heavy atom. The number of amides is 1. The minimum atomic E-state index is -0.503. The van der Waals surface area contributed by atoms with E-state index in [0.29, 0.717) is 26.8 Å². The second kappa shape index (κ2) is 9.85. The molecule has 8 heteroatoms. The van der Waals surface area contributed by atoms with Gasteiger partial charge in [0, 0.05) is 10.7 Å². The molecule has 0 radical (unpaired) electrons. The summed E-state index contributed by atoms with van der Waals surface area (Å²) in [6, 6.07) is 16.3. The highest BCUT2D eigenvalue weighted by atomic mass is 35.5. The highest BCUT2D eigenvalue weighted by Gasteiger charge is 2.21. The summed E-state index contributed by atoms with van der Waals surface area (Å²) in [6.07, 6.45) is 1.56. The van der Waals surface area contributed by atoms with E-state index in [1.54, 1.807) is 43.5 Å². The minimum Gasteiger partial charge on any atom is -0.467 e. The molecular weight excluding hydrogens is 458 g/mol. The average Bonchev–Trinajstić information content (AvgIpc) is 3.29. The molecule has 0 spiro atoms. The van der Waals surface area contributed by atoms with Crippen molar-refractivity contribution in [3.05, 3.63) is 87.6 Å². The molecule has 4 aromatic rings. The van der Waals surface area contributed by atoms with Crippen molar-refractivity contribution in [3.63, 3.8) is 0 Å². The van der Waals surface area contributed by atoms with Gasteiger partial charge in [0.1, 0.15) is 5.76 Å². The number of fused-ring (bicyclic) bond motifs is 1. The van der Waals surface area contributed by atoms with E-state index < -0.39 is 5.25 Å². The highest BCUT2D eigenvalue weighted by Crippen LogP contribution is 2.28. The first kappa shape index (κ1) is 23.1. The lowest BCUT2D eigenvalue weighted by Crippen LogP contribution is -2.27. The molecule has 6 nitrogen and oxygen atoms in total. The van der Waals surface area contributed by atoms with Crippen molar-refractivity contribution >= 4 is 45.9 Å². The third-order valence-corrected chi connectivity index (χ3v) is 6.59. The first-order valence-electron chi connectivity index (χ1n) is 10.6. The molecule has 2 aromatic carbocycles. The number of furan rings is 1. The first-order chi connectivity index (χ1) is 15.8. The molecule has 0 bridgehead atoms. The van der Waals surface area contributed by atoms with Gasteiger partial charge in [0.05, 0.1) is 29.0 Å². The Morgan fingerprint density at radius 1 is 1.15 bits per heavy atom. The number of hydrogen-bond donors (Lipinski definition) is 1. The van der Waals surface area contributed by atoms with Crippen molar-refractivity contribution in [1.82, 2.24) is 9.55 Å². The molecule has 170 valence electrons. The van der Waals surface area contributed by atoms with Crippen LogP contribution < -0.4 is 10.9 Å². The van der Waals surface area contributed by atoms with Gasteiger partial charge in [0.15, 0.2) is 5.16 Å². The SMILES string of the molecule is CC(Sc1nc2cc(Cl)ccc2c(=O)n1Cc1ccco1)C(=O)Nc1ccccc1C(C)C. The molecule has 4 rings (SSSR count). The number of nitrogens with one attached hydrogen (secondary N) is 1. The van der Waals surface area contributed by atoms with Crippen molar-refractivity contribution < 1.29 is 9.21 Å². The summed E-state index contributed by atoms with van der Waals surface area (Å²) in [6.45, 7) is 6.18. The maximum atomic E-state index is 13.3. The first-order valence-corrected chi connectivity index (χ1v) is 11.9. The Labute approximate surface area is 201 Å². The standard InChI is InChI=1S/C25H24ClN3O3S/c1-15(2)19-8-4-5-9-21(19)27-23(30)16(3)33-25-28-22-13-17(26)10-11-20(22)24(31)29(25)14-18-7-6-12-32-18/h4-13,15-16H,14H2,1-3H3,(H,27,30). The number of carbonyl (C=O) groups is 1. The number of anilines is 1. The Hall–Kier alpha value is -3.03. The lowest BCUT2D eigenvalue weighted by molar-refractivity contribution is -0.115. The molecule has 0 aliphatic rings. The molecule has 0 saturated carbocycles. The van der Waals surface area contributed by atoms with Gasteiger partial charge in [-0.2, -0.15) is 0 Å². The van der Waals surface area contributed by atoms with E-state index in [1.807, 2.05) is 24.3 Å². The van der Waals surface area contributed by atoms with Crippen molar-refractivity contribution in [2.24, 2.45) is 0 Å². The van der Waals surface area contributed by atoms with Crippen molar-refractivity contribution in [3.8, 4) is 0 Å². The third-order valence-electron chi connectivity index (χ3n) is 5.27. The van der Waals surface area contributed by atoms with Crippen LogP contribution >= 0.6 is 23.4 Å². The van der Waals surface area contributed by atoms with Gasteiger partial charge in [-0.15, -0.1) is 0 Å². The van der Waals surface area contributed by atoms with E-state index in [0.717, 1.165) is 11.3 Å². The van der Waals surface area contributed by atoms with Crippen LogP contribution in [0, 0.1) is 0 Å². The van der Waals surface area contributed by atoms with E-state index in [9.17, 15) is 9.59 Å². The smallest absolute Gasteiger partial charge is 0.262 e. The fraction of sp³-hybridized carbons (Fsp3) is 0.240. The number of carbonyl (C=O) groups excluding carboxylic acids is 1. The highest BCUT2D eigenvalue weighted by molar-refractivity contribution is 8.00. The summed E-state index contributed by atoms with van der Waals surface area (Å²) in [5.41, 5.74) is 2.13.